The van der Waals surface area contributed by atoms with Gasteiger partial charge in [-0.15, -0.1) is 0 Å². The van der Waals surface area contributed by atoms with Crippen LogP contribution < -0.4 is 10.6 Å². The maximum atomic E-state index is 12.6. The molecule has 0 aliphatic carbocycles. The van der Waals surface area contributed by atoms with Gasteiger partial charge in [0.2, 0.25) is 5.95 Å². The molecule has 1 amide bonds. The largest absolute Gasteiger partial charge is 0.324 e. The van der Waals surface area contributed by atoms with Crippen molar-refractivity contribution in [3.63, 3.8) is 0 Å². The number of hydrogen-bond donors (Lipinski definition) is 2. The molecule has 0 saturated carbocycles. The van der Waals surface area contributed by atoms with Gasteiger partial charge in [0.15, 0.2) is 0 Å². The summed E-state index contributed by atoms with van der Waals surface area (Å²) in [5.41, 5.74) is 3.93. The van der Waals surface area contributed by atoms with Gasteiger partial charge >= 0.3 is 0 Å². The van der Waals surface area contributed by atoms with Crippen LogP contribution in [-0.4, -0.2) is 15.9 Å². The SMILES string of the molecule is Cc1cc(C)c(NC(=O)c2ccnc(Nc3ccc(C#N)cc3)n2)c(Cl)c1. The molecule has 27 heavy (non-hydrogen) atoms. The highest BCUT2D eigenvalue weighted by atomic mass is 35.5. The maximum absolute atomic E-state index is 12.6. The smallest absolute Gasteiger partial charge is 0.274 e. The lowest BCUT2D eigenvalue weighted by Crippen LogP contribution is -2.16. The molecule has 0 bridgehead atoms. The second-order valence-corrected chi connectivity index (χ2v) is 6.38. The van der Waals surface area contributed by atoms with Crippen molar-refractivity contribution in [1.82, 2.24) is 9.97 Å². The molecule has 0 aliphatic heterocycles. The Labute approximate surface area is 161 Å². The number of carbonyl (C=O) groups is 1. The van der Waals surface area contributed by atoms with E-state index < -0.39 is 0 Å². The molecule has 3 aromatic rings. The maximum Gasteiger partial charge on any atom is 0.274 e. The van der Waals surface area contributed by atoms with Gasteiger partial charge < -0.3 is 10.6 Å². The normalized spacial score (nSPS) is 10.1. The van der Waals surface area contributed by atoms with Crippen LogP contribution in [0.3, 0.4) is 0 Å². The standard InChI is InChI=1S/C20H16ClN5O/c1-12-9-13(2)18(16(21)10-12)26-19(27)17-7-8-23-20(25-17)24-15-5-3-14(11-22)4-6-15/h3-10H,1-2H3,(H,26,27)(H,23,24,25). The first-order valence-corrected chi connectivity index (χ1v) is 8.52. The Morgan fingerprint density at radius 2 is 1.89 bits per heavy atom. The molecule has 3 rings (SSSR count). The van der Waals surface area contributed by atoms with Crippen LogP contribution in [0.4, 0.5) is 17.3 Å². The van der Waals surface area contributed by atoms with E-state index in [4.69, 9.17) is 16.9 Å². The fraction of sp³-hybridized carbons (Fsp3) is 0.100. The topological polar surface area (TPSA) is 90.7 Å². The van der Waals surface area contributed by atoms with Crippen LogP contribution in [0, 0.1) is 25.2 Å². The second-order valence-electron chi connectivity index (χ2n) is 5.97. The minimum Gasteiger partial charge on any atom is -0.324 e. The zero-order valence-corrected chi connectivity index (χ0v) is 15.5. The minimum absolute atomic E-state index is 0.206. The van der Waals surface area contributed by atoms with Crippen LogP contribution in [0.1, 0.15) is 27.2 Å². The van der Waals surface area contributed by atoms with Crippen molar-refractivity contribution in [2.24, 2.45) is 0 Å². The average Bonchev–Trinajstić information content (AvgIpc) is 2.65. The van der Waals surface area contributed by atoms with E-state index in [1.165, 1.54) is 12.3 Å². The number of anilines is 3. The van der Waals surface area contributed by atoms with Gasteiger partial charge in [-0.3, -0.25) is 4.79 Å². The van der Waals surface area contributed by atoms with Crippen molar-refractivity contribution >= 4 is 34.8 Å². The summed E-state index contributed by atoms with van der Waals surface area (Å²) in [6.45, 7) is 3.82. The zero-order chi connectivity index (χ0) is 19.4. The van der Waals surface area contributed by atoms with E-state index in [0.717, 1.165) is 11.1 Å². The van der Waals surface area contributed by atoms with E-state index in [1.807, 2.05) is 19.9 Å². The highest BCUT2D eigenvalue weighted by Crippen LogP contribution is 2.27. The van der Waals surface area contributed by atoms with Gasteiger partial charge in [0, 0.05) is 11.9 Å². The van der Waals surface area contributed by atoms with Crippen LogP contribution in [0.5, 0.6) is 0 Å². The Hall–Kier alpha value is -3.43. The van der Waals surface area contributed by atoms with Gasteiger partial charge in [-0.05, 0) is 61.4 Å². The fourth-order valence-corrected chi connectivity index (χ4v) is 2.92. The summed E-state index contributed by atoms with van der Waals surface area (Å²) in [7, 11) is 0. The van der Waals surface area contributed by atoms with Crippen molar-refractivity contribution in [3.05, 3.63) is 76.1 Å². The van der Waals surface area contributed by atoms with Gasteiger partial charge in [-0.1, -0.05) is 17.7 Å². The molecule has 134 valence electrons. The molecule has 7 heteroatoms. The monoisotopic (exact) mass is 377 g/mol. The molecule has 0 atom stereocenters. The molecule has 1 heterocycles. The third kappa shape index (κ3) is 4.40. The molecule has 6 nitrogen and oxygen atoms in total. The lowest BCUT2D eigenvalue weighted by molar-refractivity contribution is 0.102. The van der Waals surface area contributed by atoms with E-state index in [9.17, 15) is 4.79 Å². The van der Waals surface area contributed by atoms with E-state index in [-0.39, 0.29) is 17.5 Å². The quantitative estimate of drug-likeness (QED) is 0.692. The van der Waals surface area contributed by atoms with Crippen molar-refractivity contribution in [3.8, 4) is 6.07 Å². The summed E-state index contributed by atoms with van der Waals surface area (Å²) in [5.74, 6) is -0.104. The summed E-state index contributed by atoms with van der Waals surface area (Å²) in [5, 5.41) is 15.1. The molecule has 2 aromatic carbocycles. The third-order valence-corrected chi connectivity index (χ3v) is 4.13. The lowest BCUT2D eigenvalue weighted by atomic mass is 10.1. The number of halogens is 1. The van der Waals surface area contributed by atoms with Crippen molar-refractivity contribution < 1.29 is 4.79 Å². The summed E-state index contributed by atoms with van der Waals surface area (Å²) >= 11 is 6.25. The first kappa shape index (κ1) is 18.4. The van der Waals surface area contributed by atoms with Crippen LogP contribution in [0.15, 0.2) is 48.7 Å². The molecule has 1 aromatic heterocycles. The Bertz CT molecular complexity index is 1020. The average molecular weight is 378 g/mol. The van der Waals surface area contributed by atoms with Gasteiger partial charge in [0.1, 0.15) is 5.69 Å². The molecule has 0 aliphatic rings. The van der Waals surface area contributed by atoms with E-state index in [2.05, 4.69) is 26.7 Å². The number of nitrogens with zero attached hydrogens (tertiary/aromatic N) is 3. The highest BCUT2D eigenvalue weighted by Gasteiger charge is 2.13. The first-order chi connectivity index (χ1) is 13.0. The van der Waals surface area contributed by atoms with E-state index >= 15 is 0 Å². The lowest BCUT2D eigenvalue weighted by Gasteiger charge is -2.12. The predicted octanol–water partition coefficient (Wildman–Crippen LogP) is 4.61. The number of nitriles is 1. The van der Waals surface area contributed by atoms with Crippen LogP contribution in [-0.2, 0) is 0 Å². The summed E-state index contributed by atoms with van der Waals surface area (Å²) in [4.78, 5) is 20.9. The van der Waals surface area contributed by atoms with Crippen molar-refractivity contribution in [1.29, 1.82) is 5.26 Å². The summed E-state index contributed by atoms with van der Waals surface area (Å²) < 4.78 is 0. The molecule has 0 unspecified atom stereocenters. The first-order valence-electron chi connectivity index (χ1n) is 8.14. The van der Waals surface area contributed by atoms with Crippen molar-refractivity contribution in [2.45, 2.75) is 13.8 Å². The molecular weight excluding hydrogens is 362 g/mol. The molecule has 0 fully saturated rings. The number of amides is 1. The fourth-order valence-electron chi connectivity index (χ4n) is 2.55. The number of carbonyl (C=O) groups excluding carboxylic acids is 1. The molecule has 0 radical (unpaired) electrons. The Morgan fingerprint density at radius 3 is 2.56 bits per heavy atom. The number of aromatic nitrogens is 2. The van der Waals surface area contributed by atoms with E-state index in [1.54, 1.807) is 30.3 Å². The zero-order valence-electron chi connectivity index (χ0n) is 14.7. The van der Waals surface area contributed by atoms with Gasteiger partial charge in [-0.25, -0.2) is 9.97 Å². The van der Waals surface area contributed by atoms with Crippen LogP contribution in [0.25, 0.3) is 0 Å². The van der Waals surface area contributed by atoms with Gasteiger partial charge in [0.05, 0.1) is 22.3 Å². The van der Waals surface area contributed by atoms with Gasteiger partial charge in [-0.2, -0.15) is 5.26 Å². The van der Waals surface area contributed by atoms with Gasteiger partial charge in [0.25, 0.3) is 5.91 Å². The van der Waals surface area contributed by atoms with E-state index in [0.29, 0.717) is 22.0 Å². The summed E-state index contributed by atoms with van der Waals surface area (Å²) in [6, 6.07) is 14.2. The van der Waals surface area contributed by atoms with Crippen molar-refractivity contribution in [2.75, 3.05) is 10.6 Å². The Kier molecular flexibility index (Phi) is 5.34. The minimum atomic E-state index is -0.380. The molecule has 0 saturated heterocycles. The highest BCUT2D eigenvalue weighted by molar-refractivity contribution is 6.34. The second kappa shape index (κ2) is 7.85. The van der Waals surface area contributed by atoms with Crippen LogP contribution >= 0.6 is 11.6 Å². The Morgan fingerprint density at radius 1 is 1.15 bits per heavy atom. The Balaban J connectivity index is 1.78. The third-order valence-electron chi connectivity index (χ3n) is 3.83. The van der Waals surface area contributed by atoms with Crippen LogP contribution in [0.2, 0.25) is 5.02 Å². The number of aryl methyl sites for hydroxylation is 2. The molecule has 2 N–H and O–H groups in total. The molecular formula is C20H16ClN5O. The number of benzene rings is 2. The summed E-state index contributed by atoms with van der Waals surface area (Å²) in [6.07, 6.45) is 1.50. The predicted molar refractivity (Wildman–Crippen MR) is 105 cm³/mol. The number of hydrogen-bond acceptors (Lipinski definition) is 5. The molecule has 0 spiro atoms. The number of rotatable bonds is 4. The number of nitrogens with one attached hydrogen (secondary N) is 2.